The van der Waals surface area contributed by atoms with Crippen LogP contribution in [0.15, 0.2) is 5.16 Å². The molecule has 3 heteroatoms. The minimum atomic E-state index is 1.06. The highest BCUT2D eigenvalue weighted by Crippen LogP contribution is 2.14. The monoisotopic (exact) mass is 145 g/mol. The number of hydrogen-bond acceptors (Lipinski definition) is 3. The lowest BCUT2D eigenvalue weighted by atomic mass is 10.2. The Bertz CT molecular complexity index is 106. The summed E-state index contributed by atoms with van der Waals surface area (Å²) in [5, 5.41) is 3.88. The first kappa shape index (κ1) is 6.93. The van der Waals surface area contributed by atoms with Crippen molar-refractivity contribution in [2.24, 2.45) is 5.16 Å². The van der Waals surface area contributed by atoms with Gasteiger partial charge >= 0.3 is 0 Å². The Balaban J connectivity index is 2.30. The van der Waals surface area contributed by atoms with Crippen LogP contribution >= 0.6 is 11.8 Å². The van der Waals surface area contributed by atoms with E-state index in [0.717, 1.165) is 12.2 Å². The predicted molar refractivity (Wildman–Crippen MR) is 41.0 cm³/mol. The number of rotatable bonds is 1. The summed E-state index contributed by atoms with van der Waals surface area (Å²) >= 11 is 1.93. The van der Waals surface area contributed by atoms with Crippen LogP contribution in [0.2, 0.25) is 0 Å². The third-order valence-corrected chi connectivity index (χ3v) is 2.36. The van der Waals surface area contributed by atoms with Gasteiger partial charge in [-0.05, 0) is 18.6 Å². The normalized spacial score (nSPS) is 24.3. The molecule has 0 atom stereocenters. The second-order valence-corrected chi connectivity index (χ2v) is 3.10. The number of oxime groups is 1. The molecule has 1 rings (SSSR count). The molecule has 2 nitrogen and oxygen atoms in total. The van der Waals surface area contributed by atoms with E-state index in [-0.39, 0.29) is 0 Å². The van der Waals surface area contributed by atoms with Crippen LogP contribution in [0.3, 0.4) is 0 Å². The Kier molecular flexibility index (Phi) is 2.91. The molecule has 0 aromatic heterocycles. The van der Waals surface area contributed by atoms with Crippen LogP contribution in [0, 0.1) is 0 Å². The summed E-state index contributed by atoms with van der Waals surface area (Å²) in [5.41, 5.74) is 1.20. The van der Waals surface area contributed by atoms with Crippen molar-refractivity contribution in [2.75, 3.05) is 18.6 Å². The van der Waals surface area contributed by atoms with E-state index in [2.05, 4.69) is 9.99 Å². The van der Waals surface area contributed by atoms with Gasteiger partial charge in [-0.15, -0.1) is 0 Å². The lowest BCUT2D eigenvalue weighted by Gasteiger charge is -2.09. The van der Waals surface area contributed by atoms with Crippen LogP contribution in [0.4, 0.5) is 0 Å². The van der Waals surface area contributed by atoms with Crippen LogP contribution in [-0.2, 0) is 4.84 Å². The summed E-state index contributed by atoms with van der Waals surface area (Å²) in [6, 6.07) is 0. The van der Waals surface area contributed by atoms with Gasteiger partial charge in [0, 0.05) is 5.75 Å². The fourth-order valence-corrected chi connectivity index (χ4v) is 1.77. The van der Waals surface area contributed by atoms with Crippen LogP contribution in [-0.4, -0.2) is 24.3 Å². The summed E-state index contributed by atoms with van der Waals surface area (Å²) in [6.07, 6.45) is 2.38. The first-order chi connectivity index (χ1) is 4.43. The van der Waals surface area contributed by atoms with Gasteiger partial charge in [-0.25, -0.2) is 0 Å². The summed E-state index contributed by atoms with van der Waals surface area (Å²) < 4.78 is 0. The third-order valence-electron chi connectivity index (χ3n) is 1.24. The molecular weight excluding hydrogens is 134 g/mol. The van der Waals surface area contributed by atoms with Gasteiger partial charge in [0.1, 0.15) is 7.11 Å². The summed E-state index contributed by atoms with van der Waals surface area (Å²) in [7, 11) is 1.60. The van der Waals surface area contributed by atoms with Gasteiger partial charge in [0.25, 0.3) is 0 Å². The molecule has 1 aliphatic heterocycles. The second kappa shape index (κ2) is 3.77. The molecule has 1 fully saturated rings. The molecular formula is C6H11NOS. The molecule has 0 N–H and O–H groups in total. The van der Waals surface area contributed by atoms with Gasteiger partial charge in [0.05, 0.1) is 5.71 Å². The molecule has 0 aromatic rings. The Labute approximate surface area is 59.6 Å². The van der Waals surface area contributed by atoms with Crippen LogP contribution in [0.1, 0.15) is 12.8 Å². The highest BCUT2D eigenvalue weighted by molar-refractivity contribution is 8.00. The fraction of sp³-hybridized carbons (Fsp3) is 0.833. The van der Waals surface area contributed by atoms with Crippen LogP contribution in [0.5, 0.6) is 0 Å². The largest absolute Gasteiger partial charge is 0.399 e. The Morgan fingerprint density at radius 3 is 3.11 bits per heavy atom. The van der Waals surface area contributed by atoms with Crippen LogP contribution in [0.25, 0.3) is 0 Å². The molecule has 0 amide bonds. The molecule has 1 aliphatic rings. The van der Waals surface area contributed by atoms with E-state index in [9.17, 15) is 0 Å². The molecule has 0 aromatic carbocycles. The summed E-state index contributed by atoms with van der Waals surface area (Å²) in [4.78, 5) is 4.66. The quantitative estimate of drug-likeness (QED) is 0.522. The van der Waals surface area contributed by atoms with E-state index in [4.69, 9.17) is 0 Å². The van der Waals surface area contributed by atoms with E-state index in [1.807, 2.05) is 11.8 Å². The minimum absolute atomic E-state index is 1.06. The van der Waals surface area contributed by atoms with Gasteiger partial charge in [-0.3, -0.25) is 0 Å². The average molecular weight is 145 g/mol. The van der Waals surface area contributed by atoms with Gasteiger partial charge in [0.2, 0.25) is 0 Å². The van der Waals surface area contributed by atoms with Crippen molar-refractivity contribution in [1.82, 2.24) is 0 Å². The predicted octanol–water partition coefficient (Wildman–Crippen LogP) is 1.52. The molecule has 0 aliphatic carbocycles. The molecule has 0 radical (unpaired) electrons. The Morgan fingerprint density at radius 2 is 2.56 bits per heavy atom. The molecule has 0 saturated carbocycles. The second-order valence-electron chi connectivity index (χ2n) is 2.00. The third kappa shape index (κ3) is 2.26. The van der Waals surface area contributed by atoms with E-state index >= 15 is 0 Å². The highest BCUT2D eigenvalue weighted by atomic mass is 32.2. The van der Waals surface area contributed by atoms with E-state index < -0.39 is 0 Å². The molecule has 0 bridgehead atoms. The Hall–Kier alpha value is -0.180. The van der Waals surface area contributed by atoms with E-state index in [1.54, 1.807) is 7.11 Å². The number of hydrogen-bond donors (Lipinski definition) is 0. The number of thioether (sulfide) groups is 1. The molecule has 0 unspecified atom stereocenters. The van der Waals surface area contributed by atoms with Gasteiger partial charge in [-0.1, -0.05) is 5.16 Å². The van der Waals surface area contributed by atoms with Crippen molar-refractivity contribution < 1.29 is 4.84 Å². The zero-order valence-corrected chi connectivity index (χ0v) is 6.41. The maximum atomic E-state index is 4.66. The van der Waals surface area contributed by atoms with E-state index in [0.29, 0.717) is 0 Å². The topological polar surface area (TPSA) is 21.6 Å². The van der Waals surface area contributed by atoms with Gasteiger partial charge in [-0.2, -0.15) is 11.8 Å². The minimum Gasteiger partial charge on any atom is -0.399 e. The summed E-state index contributed by atoms with van der Waals surface area (Å²) in [5.74, 6) is 2.34. The van der Waals surface area contributed by atoms with Crippen molar-refractivity contribution in [1.29, 1.82) is 0 Å². The smallest absolute Gasteiger partial charge is 0.106 e. The van der Waals surface area contributed by atoms with Crippen molar-refractivity contribution in [2.45, 2.75) is 12.8 Å². The van der Waals surface area contributed by atoms with Gasteiger partial charge in [0.15, 0.2) is 0 Å². The van der Waals surface area contributed by atoms with Crippen LogP contribution < -0.4 is 0 Å². The molecule has 52 valence electrons. The molecule has 1 heterocycles. The lowest BCUT2D eigenvalue weighted by molar-refractivity contribution is 0.212. The average Bonchev–Trinajstić information content (AvgIpc) is 1.91. The maximum Gasteiger partial charge on any atom is 0.106 e. The highest BCUT2D eigenvalue weighted by Gasteiger charge is 2.06. The first-order valence-corrected chi connectivity index (χ1v) is 4.25. The van der Waals surface area contributed by atoms with Crippen molar-refractivity contribution >= 4 is 17.5 Å². The summed E-state index contributed by atoms with van der Waals surface area (Å²) in [6.45, 7) is 0. The SMILES string of the molecule is CO/N=C1\CCCSC1. The molecule has 1 saturated heterocycles. The zero-order valence-electron chi connectivity index (χ0n) is 5.59. The standard InChI is InChI=1S/C6H11NOS/c1-8-7-6-3-2-4-9-5-6/h2-5H2,1H3/b7-6+. The number of nitrogens with zero attached hydrogens (tertiary/aromatic N) is 1. The zero-order chi connectivity index (χ0) is 6.53. The van der Waals surface area contributed by atoms with Crippen molar-refractivity contribution in [3.63, 3.8) is 0 Å². The molecule has 9 heavy (non-hydrogen) atoms. The molecule has 0 spiro atoms. The first-order valence-electron chi connectivity index (χ1n) is 3.10. The maximum absolute atomic E-state index is 4.66. The lowest BCUT2D eigenvalue weighted by Crippen LogP contribution is -2.09. The van der Waals surface area contributed by atoms with E-state index in [1.165, 1.54) is 17.9 Å². The van der Waals surface area contributed by atoms with Crippen molar-refractivity contribution in [3.8, 4) is 0 Å². The fourth-order valence-electron chi connectivity index (χ4n) is 0.842. The Morgan fingerprint density at radius 1 is 1.67 bits per heavy atom. The van der Waals surface area contributed by atoms with Gasteiger partial charge < -0.3 is 4.84 Å². The van der Waals surface area contributed by atoms with Crippen molar-refractivity contribution in [3.05, 3.63) is 0 Å².